The highest BCUT2D eigenvalue weighted by molar-refractivity contribution is 7.09. The number of aromatic nitrogens is 1. The number of nitrogens with one attached hydrogen (secondary N) is 1. The molecule has 1 aromatic heterocycles. The molecule has 0 aliphatic rings. The van der Waals surface area contributed by atoms with Gasteiger partial charge in [0.05, 0.1) is 29.8 Å². The molecule has 0 saturated heterocycles. The van der Waals surface area contributed by atoms with Crippen molar-refractivity contribution in [1.29, 1.82) is 5.26 Å². The van der Waals surface area contributed by atoms with E-state index in [9.17, 15) is 4.79 Å². The molecule has 2 aromatic rings. The van der Waals surface area contributed by atoms with Crippen LogP contribution in [0, 0.1) is 18.3 Å². The minimum absolute atomic E-state index is 0.105. The van der Waals surface area contributed by atoms with E-state index in [4.69, 9.17) is 10.00 Å². The van der Waals surface area contributed by atoms with Crippen molar-refractivity contribution >= 4 is 22.9 Å². The molecule has 22 heavy (non-hydrogen) atoms. The summed E-state index contributed by atoms with van der Waals surface area (Å²) in [7, 11) is 0. The Labute approximate surface area is 133 Å². The summed E-state index contributed by atoms with van der Waals surface area (Å²) in [4.78, 5) is 16.3. The molecular weight excluding hydrogens is 298 g/mol. The zero-order valence-electron chi connectivity index (χ0n) is 12.3. The van der Waals surface area contributed by atoms with Gasteiger partial charge in [0.25, 0.3) is 0 Å². The number of hydrogen-bond acceptors (Lipinski definition) is 5. The summed E-state index contributed by atoms with van der Waals surface area (Å²) in [6.45, 7) is 2.41. The average molecular weight is 315 g/mol. The number of carbonyl (C=O) groups excluding carboxylic acids is 1. The zero-order chi connectivity index (χ0) is 15.8. The van der Waals surface area contributed by atoms with Crippen LogP contribution >= 0.6 is 11.3 Å². The monoisotopic (exact) mass is 315 g/mol. The molecule has 114 valence electrons. The maximum absolute atomic E-state index is 12.0. The number of thiazole rings is 1. The van der Waals surface area contributed by atoms with E-state index in [2.05, 4.69) is 16.4 Å². The van der Waals surface area contributed by atoms with Gasteiger partial charge in [0.2, 0.25) is 5.91 Å². The van der Waals surface area contributed by atoms with E-state index in [0.29, 0.717) is 30.9 Å². The van der Waals surface area contributed by atoms with E-state index in [-0.39, 0.29) is 12.3 Å². The van der Waals surface area contributed by atoms with Crippen LogP contribution in [0.2, 0.25) is 0 Å². The Balaban J connectivity index is 1.86. The molecule has 0 spiro atoms. The van der Waals surface area contributed by atoms with Crippen molar-refractivity contribution in [2.45, 2.75) is 26.2 Å². The molecule has 0 aliphatic carbocycles. The van der Waals surface area contributed by atoms with Crippen LogP contribution in [0.15, 0.2) is 29.6 Å². The number of amides is 1. The number of hydrogen-bond donors (Lipinski definition) is 1. The van der Waals surface area contributed by atoms with Crippen LogP contribution in [0.25, 0.3) is 0 Å². The lowest BCUT2D eigenvalue weighted by molar-refractivity contribution is -0.115. The van der Waals surface area contributed by atoms with Crippen molar-refractivity contribution in [2.24, 2.45) is 0 Å². The Morgan fingerprint density at radius 1 is 1.50 bits per heavy atom. The van der Waals surface area contributed by atoms with Gasteiger partial charge in [0, 0.05) is 23.6 Å². The van der Waals surface area contributed by atoms with Crippen LogP contribution in [-0.2, 0) is 11.2 Å². The average Bonchev–Trinajstić information content (AvgIpc) is 2.89. The largest absolute Gasteiger partial charge is 0.493 e. The standard InChI is InChI=1S/C16H17N3O2S/c1-12-18-14(11-22-12)10-16(20)19-13-5-4-6-15(9-13)21-8-3-2-7-17/h4-6,9,11H,2-3,8,10H2,1H3,(H,19,20). The summed E-state index contributed by atoms with van der Waals surface area (Å²) in [5, 5.41) is 14.2. The van der Waals surface area contributed by atoms with Crippen LogP contribution in [0.1, 0.15) is 23.5 Å². The fraction of sp³-hybridized carbons (Fsp3) is 0.312. The predicted molar refractivity (Wildman–Crippen MR) is 86.0 cm³/mol. The van der Waals surface area contributed by atoms with Crippen LogP contribution in [-0.4, -0.2) is 17.5 Å². The quantitative estimate of drug-likeness (QED) is 0.795. The van der Waals surface area contributed by atoms with Gasteiger partial charge in [-0.2, -0.15) is 5.26 Å². The third kappa shape index (κ3) is 5.19. The van der Waals surface area contributed by atoms with Gasteiger partial charge in [-0.15, -0.1) is 11.3 Å². The van der Waals surface area contributed by atoms with Crippen molar-refractivity contribution in [2.75, 3.05) is 11.9 Å². The molecule has 6 heteroatoms. The van der Waals surface area contributed by atoms with Gasteiger partial charge in [-0.25, -0.2) is 4.98 Å². The highest BCUT2D eigenvalue weighted by atomic mass is 32.1. The topological polar surface area (TPSA) is 75.0 Å². The molecule has 0 bridgehead atoms. The van der Waals surface area contributed by atoms with Gasteiger partial charge < -0.3 is 10.1 Å². The smallest absolute Gasteiger partial charge is 0.230 e. The molecule has 0 unspecified atom stereocenters. The number of unbranched alkanes of at least 4 members (excludes halogenated alkanes) is 1. The van der Waals surface area contributed by atoms with E-state index >= 15 is 0 Å². The lowest BCUT2D eigenvalue weighted by Crippen LogP contribution is -2.14. The summed E-state index contributed by atoms with van der Waals surface area (Å²) in [5.41, 5.74) is 1.47. The highest BCUT2D eigenvalue weighted by Crippen LogP contribution is 2.18. The van der Waals surface area contributed by atoms with E-state index in [1.165, 1.54) is 11.3 Å². The predicted octanol–water partition coefficient (Wildman–Crippen LogP) is 3.32. The van der Waals surface area contributed by atoms with Crippen LogP contribution in [0.4, 0.5) is 5.69 Å². The van der Waals surface area contributed by atoms with Gasteiger partial charge >= 0.3 is 0 Å². The zero-order valence-corrected chi connectivity index (χ0v) is 13.2. The molecule has 0 atom stereocenters. The number of nitriles is 1. The molecule has 1 amide bonds. The lowest BCUT2D eigenvalue weighted by atomic mass is 10.2. The van der Waals surface area contributed by atoms with E-state index in [1.54, 1.807) is 6.07 Å². The van der Waals surface area contributed by atoms with Crippen LogP contribution in [0.5, 0.6) is 5.75 Å². The van der Waals surface area contributed by atoms with Crippen molar-refractivity contribution in [3.63, 3.8) is 0 Å². The van der Waals surface area contributed by atoms with Gasteiger partial charge in [0.1, 0.15) is 5.75 Å². The molecule has 0 radical (unpaired) electrons. The second kappa shape index (κ2) is 8.15. The summed E-state index contributed by atoms with van der Waals surface area (Å²) in [6.07, 6.45) is 1.43. The van der Waals surface area contributed by atoms with Gasteiger partial charge in [0.15, 0.2) is 0 Å². The number of rotatable bonds is 7. The van der Waals surface area contributed by atoms with E-state index in [1.807, 2.05) is 30.5 Å². The van der Waals surface area contributed by atoms with Crippen molar-refractivity contribution < 1.29 is 9.53 Å². The number of anilines is 1. The molecule has 0 aliphatic heterocycles. The van der Waals surface area contributed by atoms with Crippen molar-refractivity contribution in [3.8, 4) is 11.8 Å². The van der Waals surface area contributed by atoms with Gasteiger partial charge in [-0.1, -0.05) is 6.07 Å². The molecular formula is C16H17N3O2S. The Morgan fingerprint density at radius 3 is 3.09 bits per heavy atom. The minimum Gasteiger partial charge on any atom is -0.493 e. The Bertz CT molecular complexity index is 676. The molecule has 1 heterocycles. The van der Waals surface area contributed by atoms with E-state index in [0.717, 1.165) is 10.7 Å². The van der Waals surface area contributed by atoms with E-state index < -0.39 is 0 Å². The molecule has 1 N–H and O–H groups in total. The molecule has 0 fully saturated rings. The maximum Gasteiger partial charge on any atom is 0.230 e. The molecule has 0 saturated carbocycles. The van der Waals surface area contributed by atoms with Crippen molar-refractivity contribution in [1.82, 2.24) is 4.98 Å². The number of benzene rings is 1. The van der Waals surface area contributed by atoms with Gasteiger partial charge in [-0.3, -0.25) is 4.79 Å². The summed E-state index contributed by atoms with van der Waals surface area (Å²) < 4.78 is 5.54. The Hall–Kier alpha value is -2.39. The first-order chi connectivity index (χ1) is 10.7. The maximum atomic E-state index is 12.0. The van der Waals surface area contributed by atoms with Crippen LogP contribution < -0.4 is 10.1 Å². The molecule has 1 aromatic carbocycles. The van der Waals surface area contributed by atoms with Gasteiger partial charge in [-0.05, 0) is 25.5 Å². The fourth-order valence-corrected chi connectivity index (χ4v) is 2.48. The molecule has 5 nitrogen and oxygen atoms in total. The normalized spacial score (nSPS) is 10.0. The Morgan fingerprint density at radius 2 is 2.36 bits per heavy atom. The number of aryl methyl sites for hydroxylation is 1. The summed E-state index contributed by atoms with van der Waals surface area (Å²) in [5.74, 6) is 0.576. The van der Waals surface area contributed by atoms with Crippen LogP contribution in [0.3, 0.4) is 0 Å². The first-order valence-electron chi connectivity index (χ1n) is 6.98. The lowest BCUT2D eigenvalue weighted by Gasteiger charge is -2.08. The third-order valence-corrected chi connectivity index (χ3v) is 3.65. The fourth-order valence-electron chi connectivity index (χ4n) is 1.86. The summed E-state index contributed by atoms with van der Waals surface area (Å²) in [6, 6.07) is 9.31. The summed E-state index contributed by atoms with van der Waals surface area (Å²) >= 11 is 1.53. The second-order valence-electron chi connectivity index (χ2n) is 4.72. The Kier molecular flexibility index (Phi) is 5.92. The first kappa shape index (κ1) is 16.0. The SMILES string of the molecule is Cc1nc(CC(=O)Nc2cccc(OCCCC#N)c2)cs1. The third-order valence-electron chi connectivity index (χ3n) is 2.83. The number of ether oxygens (including phenoxy) is 1. The van der Waals surface area contributed by atoms with Crippen molar-refractivity contribution in [3.05, 3.63) is 40.3 Å². The molecule has 2 rings (SSSR count). The second-order valence-corrected chi connectivity index (χ2v) is 5.78. The minimum atomic E-state index is -0.105. The number of nitrogens with zero attached hydrogens (tertiary/aromatic N) is 2. The highest BCUT2D eigenvalue weighted by Gasteiger charge is 2.07. The first-order valence-corrected chi connectivity index (χ1v) is 7.86. The number of carbonyl (C=O) groups is 1.